The first-order valence-corrected chi connectivity index (χ1v) is 6.44. The van der Waals surface area contributed by atoms with Crippen molar-refractivity contribution in [1.82, 2.24) is 9.97 Å². The third kappa shape index (κ3) is 3.55. The Hall–Kier alpha value is -1.37. The second-order valence-electron chi connectivity index (χ2n) is 3.46. The molecule has 0 radical (unpaired) electrons. The quantitative estimate of drug-likeness (QED) is 0.839. The van der Waals surface area contributed by atoms with E-state index in [9.17, 15) is 0 Å². The van der Waals surface area contributed by atoms with Crippen molar-refractivity contribution in [1.29, 1.82) is 0 Å². The van der Waals surface area contributed by atoms with Crippen LogP contribution in [0.3, 0.4) is 0 Å². The van der Waals surface area contributed by atoms with E-state index in [2.05, 4.69) is 49.3 Å². The highest BCUT2D eigenvalue weighted by molar-refractivity contribution is 14.1. The third-order valence-corrected chi connectivity index (χ3v) is 2.76. The normalized spacial score (nSPS) is 10.0. The monoisotopic (exact) mass is 340 g/mol. The predicted molar refractivity (Wildman–Crippen MR) is 78.6 cm³/mol. The summed E-state index contributed by atoms with van der Waals surface area (Å²) in [5.74, 6) is 1.52. The van der Waals surface area contributed by atoms with E-state index in [-0.39, 0.29) is 0 Å². The van der Waals surface area contributed by atoms with E-state index >= 15 is 0 Å². The highest BCUT2D eigenvalue weighted by Gasteiger charge is 1.99. The van der Waals surface area contributed by atoms with E-state index in [1.54, 1.807) is 12.4 Å². The highest BCUT2D eigenvalue weighted by atomic mass is 127. The van der Waals surface area contributed by atoms with E-state index in [0.717, 1.165) is 23.9 Å². The first-order chi connectivity index (χ1) is 8.28. The van der Waals surface area contributed by atoms with Crippen molar-refractivity contribution >= 4 is 39.9 Å². The Morgan fingerprint density at radius 1 is 1.24 bits per heavy atom. The maximum absolute atomic E-state index is 4.40. The minimum atomic E-state index is 0.741. The Bertz CT molecular complexity index is 501. The molecule has 0 unspecified atom stereocenters. The van der Waals surface area contributed by atoms with Crippen molar-refractivity contribution in [2.24, 2.45) is 0 Å². The number of benzene rings is 1. The summed E-state index contributed by atoms with van der Waals surface area (Å²) in [6.45, 7) is 2.86. The molecule has 2 N–H and O–H groups in total. The Morgan fingerprint density at radius 3 is 2.82 bits per heavy atom. The lowest BCUT2D eigenvalue weighted by molar-refractivity contribution is 1.12. The van der Waals surface area contributed by atoms with Gasteiger partial charge in [-0.25, -0.2) is 4.98 Å². The summed E-state index contributed by atoms with van der Waals surface area (Å²) in [5.41, 5.74) is 1.01. The Morgan fingerprint density at radius 2 is 2.06 bits per heavy atom. The zero-order valence-electron chi connectivity index (χ0n) is 9.44. The molecule has 5 heteroatoms. The molecule has 0 aliphatic rings. The van der Waals surface area contributed by atoms with Gasteiger partial charge in [0.15, 0.2) is 5.82 Å². The van der Waals surface area contributed by atoms with Crippen LogP contribution in [0.5, 0.6) is 0 Å². The molecule has 0 fully saturated rings. The molecule has 1 aromatic heterocycles. The van der Waals surface area contributed by atoms with Gasteiger partial charge in [-0.2, -0.15) is 0 Å². The number of halogens is 1. The summed E-state index contributed by atoms with van der Waals surface area (Å²) in [6.07, 6.45) is 3.42. The number of anilines is 3. The first-order valence-electron chi connectivity index (χ1n) is 5.36. The molecule has 17 heavy (non-hydrogen) atoms. The van der Waals surface area contributed by atoms with Crippen molar-refractivity contribution in [2.45, 2.75) is 6.92 Å². The molecule has 88 valence electrons. The second-order valence-corrected chi connectivity index (χ2v) is 4.70. The molecule has 0 saturated heterocycles. The SMILES string of the molecule is CCNc1cncc(Nc2cccc(I)c2)n1. The Kier molecular flexibility index (Phi) is 4.13. The van der Waals surface area contributed by atoms with E-state index < -0.39 is 0 Å². The number of hydrogen-bond acceptors (Lipinski definition) is 4. The fraction of sp³-hybridized carbons (Fsp3) is 0.167. The number of nitrogens with zero attached hydrogens (tertiary/aromatic N) is 2. The molecule has 0 spiro atoms. The van der Waals surface area contributed by atoms with Crippen LogP contribution in [0.25, 0.3) is 0 Å². The largest absolute Gasteiger partial charge is 0.369 e. The van der Waals surface area contributed by atoms with E-state index in [1.165, 1.54) is 3.57 Å². The fourth-order valence-corrected chi connectivity index (χ4v) is 1.95. The molecule has 4 nitrogen and oxygen atoms in total. The van der Waals surface area contributed by atoms with Gasteiger partial charge in [-0.3, -0.25) is 4.98 Å². The molecule has 0 bridgehead atoms. The Balaban J connectivity index is 2.15. The molecular formula is C12H13IN4. The lowest BCUT2D eigenvalue weighted by Crippen LogP contribution is -2.02. The fourth-order valence-electron chi connectivity index (χ4n) is 1.41. The van der Waals surface area contributed by atoms with Crippen LogP contribution < -0.4 is 10.6 Å². The second kappa shape index (κ2) is 5.81. The molecule has 0 aliphatic carbocycles. The van der Waals surface area contributed by atoms with Gasteiger partial charge in [0, 0.05) is 15.8 Å². The maximum atomic E-state index is 4.40. The van der Waals surface area contributed by atoms with Crippen molar-refractivity contribution in [3.63, 3.8) is 0 Å². The lowest BCUT2D eigenvalue weighted by Gasteiger charge is -2.07. The van der Waals surface area contributed by atoms with Crippen molar-refractivity contribution in [3.05, 3.63) is 40.2 Å². The summed E-state index contributed by atoms with van der Waals surface area (Å²) in [4.78, 5) is 8.53. The first kappa shape index (κ1) is 12.1. The summed E-state index contributed by atoms with van der Waals surface area (Å²) in [6, 6.07) is 8.12. The van der Waals surface area contributed by atoms with Crippen molar-refractivity contribution in [2.75, 3.05) is 17.2 Å². The topological polar surface area (TPSA) is 49.8 Å². The summed E-state index contributed by atoms with van der Waals surface area (Å²) < 4.78 is 1.18. The maximum Gasteiger partial charge on any atom is 0.151 e. The smallest absolute Gasteiger partial charge is 0.151 e. The van der Waals surface area contributed by atoms with Crippen LogP contribution >= 0.6 is 22.6 Å². The lowest BCUT2D eigenvalue weighted by atomic mass is 10.3. The molecule has 0 amide bonds. The standard InChI is InChI=1S/C12H13IN4/c1-2-15-11-7-14-8-12(17-11)16-10-5-3-4-9(13)6-10/h3-8H,2H2,1H3,(H2,15,16,17). The van der Waals surface area contributed by atoms with Crippen LogP contribution in [-0.2, 0) is 0 Å². The van der Waals surface area contributed by atoms with Gasteiger partial charge in [0.2, 0.25) is 0 Å². The number of rotatable bonds is 4. The van der Waals surface area contributed by atoms with Crippen LogP contribution in [0.1, 0.15) is 6.92 Å². The third-order valence-electron chi connectivity index (χ3n) is 2.09. The predicted octanol–water partition coefficient (Wildman–Crippen LogP) is 3.26. The minimum Gasteiger partial charge on any atom is -0.369 e. The van der Waals surface area contributed by atoms with E-state index in [0.29, 0.717) is 0 Å². The number of hydrogen-bond donors (Lipinski definition) is 2. The average molecular weight is 340 g/mol. The zero-order valence-corrected chi connectivity index (χ0v) is 11.6. The zero-order chi connectivity index (χ0) is 12.1. The molecule has 1 heterocycles. The van der Waals surface area contributed by atoms with Gasteiger partial charge in [-0.1, -0.05) is 6.07 Å². The van der Waals surface area contributed by atoms with Gasteiger partial charge < -0.3 is 10.6 Å². The van der Waals surface area contributed by atoms with Crippen LogP contribution in [0.2, 0.25) is 0 Å². The van der Waals surface area contributed by atoms with Gasteiger partial charge in [0.05, 0.1) is 12.4 Å². The average Bonchev–Trinajstić information content (AvgIpc) is 2.30. The van der Waals surface area contributed by atoms with Gasteiger partial charge in [0.25, 0.3) is 0 Å². The summed E-state index contributed by atoms with van der Waals surface area (Å²) >= 11 is 2.28. The molecule has 0 atom stereocenters. The minimum absolute atomic E-state index is 0.741. The summed E-state index contributed by atoms with van der Waals surface area (Å²) in [7, 11) is 0. The van der Waals surface area contributed by atoms with Gasteiger partial charge in [-0.05, 0) is 47.7 Å². The molecule has 2 aromatic rings. The molecular weight excluding hydrogens is 327 g/mol. The number of nitrogens with one attached hydrogen (secondary N) is 2. The summed E-state index contributed by atoms with van der Waals surface area (Å²) in [5, 5.41) is 6.36. The van der Waals surface area contributed by atoms with E-state index in [4.69, 9.17) is 0 Å². The van der Waals surface area contributed by atoms with Crippen LogP contribution in [0.15, 0.2) is 36.7 Å². The van der Waals surface area contributed by atoms with Gasteiger partial charge >= 0.3 is 0 Å². The van der Waals surface area contributed by atoms with Crippen molar-refractivity contribution in [3.8, 4) is 0 Å². The van der Waals surface area contributed by atoms with Crippen LogP contribution in [0, 0.1) is 3.57 Å². The molecule has 0 aliphatic heterocycles. The highest BCUT2D eigenvalue weighted by Crippen LogP contribution is 2.17. The molecule has 0 saturated carbocycles. The Labute approximate surface area is 114 Å². The van der Waals surface area contributed by atoms with Crippen molar-refractivity contribution < 1.29 is 0 Å². The van der Waals surface area contributed by atoms with Crippen LogP contribution in [-0.4, -0.2) is 16.5 Å². The molecule has 2 rings (SSSR count). The van der Waals surface area contributed by atoms with Crippen LogP contribution in [0.4, 0.5) is 17.3 Å². The van der Waals surface area contributed by atoms with Gasteiger partial charge in [0.1, 0.15) is 5.82 Å². The number of aromatic nitrogens is 2. The molecule has 1 aromatic carbocycles. The van der Waals surface area contributed by atoms with E-state index in [1.807, 2.05) is 25.1 Å². The van der Waals surface area contributed by atoms with Gasteiger partial charge in [-0.15, -0.1) is 0 Å².